The number of halogens is 1. The Morgan fingerprint density at radius 3 is 2.89 bits per heavy atom. The molecule has 7 nitrogen and oxygen atoms in total. The van der Waals surface area contributed by atoms with Crippen LogP contribution in [0.25, 0.3) is 5.69 Å². The van der Waals surface area contributed by atoms with Gasteiger partial charge in [0.1, 0.15) is 17.9 Å². The number of ether oxygens (including phenoxy) is 1. The number of hydrogen-bond donors (Lipinski definition) is 2. The van der Waals surface area contributed by atoms with Gasteiger partial charge < -0.3 is 15.8 Å². The second-order valence-corrected chi connectivity index (χ2v) is 6.90. The molecule has 0 saturated heterocycles. The number of imidazole rings is 1. The minimum atomic E-state index is -0.551. The SMILES string of the molecule is NC(=O)COc1cccc([C@H]2CC(=O)Nc3c2ncn3-c2cccc(Cl)c2)c1. The van der Waals surface area contributed by atoms with Crippen molar-refractivity contribution in [2.75, 3.05) is 11.9 Å². The molecule has 4 rings (SSSR count). The number of nitrogens with zero attached hydrogens (tertiary/aromatic N) is 2. The van der Waals surface area contributed by atoms with Gasteiger partial charge in [0.25, 0.3) is 5.91 Å². The van der Waals surface area contributed by atoms with Gasteiger partial charge in [-0.25, -0.2) is 4.98 Å². The number of hydrogen-bond acceptors (Lipinski definition) is 4. The maximum absolute atomic E-state index is 12.4. The van der Waals surface area contributed by atoms with Gasteiger partial charge in [0.05, 0.1) is 5.69 Å². The monoisotopic (exact) mass is 396 g/mol. The highest BCUT2D eigenvalue weighted by molar-refractivity contribution is 6.30. The number of benzene rings is 2. The van der Waals surface area contributed by atoms with Gasteiger partial charge in [0, 0.05) is 23.0 Å². The molecule has 3 aromatic rings. The number of primary amides is 1. The maximum atomic E-state index is 12.4. The zero-order valence-corrected chi connectivity index (χ0v) is 15.5. The average molecular weight is 397 g/mol. The first kappa shape index (κ1) is 18.1. The Morgan fingerprint density at radius 1 is 1.29 bits per heavy atom. The van der Waals surface area contributed by atoms with E-state index in [1.165, 1.54) is 0 Å². The summed E-state index contributed by atoms with van der Waals surface area (Å²) in [7, 11) is 0. The van der Waals surface area contributed by atoms with Crippen molar-refractivity contribution in [3.8, 4) is 11.4 Å². The van der Waals surface area contributed by atoms with E-state index in [9.17, 15) is 9.59 Å². The second kappa shape index (κ2) is 7.36. The Balaban J connectivity index is 1.71. The number of carbonyl (C=O) groups excluding carboxylic acids is 2. The number of carbonyl (C=O) groups is 2. The first-order chi connectivity index (χ1) is 13.5. The van der Waals surface area contributed by atoms with Crippen molar-refractivity contribution in [3.05, 3.63) is 71.1 Å². The van der Waals surface area contributed by atoms with Crippen molar-refractivity contribution in [1.29, 1.82) is 0 Å². The van der Waals surface area contributed by atoms with Crippen molar-refractivity contribution in [1.82, 2.24) is 9.55 Å². The van der Waals surface area contributed by atoms with Crippen molar-refractivity contribution >= 4 is 29.2 Å². The van der Waals surface area contributed by atoms with E-state index in [1.54, 1.807) is 35.2 Å². The van der Waals surface area contributed by atoms with Crippen LogP contribution < -0.4 is 15.8 Å². The summed E-state index contributed by atoms with van der Waals surface area (Å²) in [5, 5.41) is 3.50. The van der Waals surface area contributed by atoms with Gasteiger partial charge in [-0.3, -0.25) is 14.2 Å². The molecule has 1 aromatic heterocycles. The smallest absolute Gasteiger partial charge is 0.255 e. The van der Waals surface area contributed by atoms with Crippen molar-refractivity contribution in [3.63, 3.8) is 0 Å². The molecule has 2 amide bonds. The number of fused-ring (bicyclic) bond motifs is 1. The van der Waals surface area contributed by atoms with E-state index in [0.717, 1.165) is 16.9 Å². The van der Waals surface area contributed by atoms with Crippen LogP contribution in [0.3, 0.4) is 0 Å². The van der Waals surface area contributed by atoms with Crippen LogP contribution >= 0.6 is 11.6 Å². The zero-order valence-electron chi connectivity index (χ0n) is 14.8. The van der Waals surface area contributed by atoms with Gasteiger partial charge in [-0.2, -0.15) is 0 Å². The van der Waals surface area contributed by atoms with Crippen LogP contribution in [0, 0.1) is 0 Å². The first-order valence-corrected chi connectivity index (χ1v) is 9.03. The van der Waals surface area contributed by atoms with Crippen molar-refractivity contribution < 1.29 is 14.3 Å². The third kappa shape index (κ3) is 3.57. The van der Waals surface area contributed by atoms with Crippen LogP contribution in [-0.4, -0.2) is 28.0 Å². The van der Waals surface area contributed by atoms with E-state index in [0.29, 0.717) is 16.6 Å². The summed E-state index contributed by atoms with van der Waals surface area (Å²) in [5.74, 6) is 0.237. The lowest BCUT2D eigenvalue weighted by Crippen LogP contribution is -2.25. The molecule has 0 bridgehead atoms. The lowest BCUT2D eigenvalue weighted by Gasteiger charge is -2.23. The standard InChI is InChI=1S/C20H17ClN4O3/c21-13-4-2-5-14(8-13)25-11-23-19-16(9-18(27)24-20(19)25)12-3-1-6-15(7-12)28-10-17(22)26/h1-8,11,16H,9-10H2,(H2,22,26)(H,24,27)/t16-/m1/s1. The highest BCUT2D eigenvalue weighted by Crippen LogP contribution is 2.38. The van der Waals surface area contributed by atoms with E-state index in [1.807, 2.05) is 24.3 Å². The van der Waals surface area contributed by atoms with Crippen molar-refractivity contribution in [2.45, 2.75) is 12.3 Å². The quantitative estimate of drug-likeness (QED) is 0.692. The van der Waals surface area contributed by atoms with Crippen LogP contribution in [0.4, 0.5) is 5.82 Å². The minimum Gasteiger partial charge on any atom is -0.484 e. The van der Waals surface area contributed by atoms with E-state index >= 15 is 0 Å². The molecular weight excluding hydrogens is 380 g/mol. The topological polar surface area (TPSA) is 99.2 Å². The predicted molar refractivity (Wildman–Crippen MR) is 105 cm³/mol. The molecule has 2 aromatic carbocycles. The number of anilines is 1. The Morgan fingerprint density at radius 2 is 2.11 bits per heavy atom. The van der Waals surface area contributed by atoms with Crippen LogP contribution in [0.1, 0.15) is 23.6 Å². The Kier molecular flexibility index (Phi) is 4.75. The van der Waals surface area contributed by atoms with Gasteiger partial charge in [-0.1, -0.05) is 29.8 Å². The molecule has 0 fully saturated rings. The Labute approximate surface area is 166 Å². The maximum Gasteiger partial charge on any atom is 0.255 e. The lowest BCUT2D eigenvalue weighted by atomic mass is 9.89. The highest BCUT2D eigenvalue weighted by atomic mass is 35.5. The molecule has 28 heavy (non-hydrogen) atoms. The van der Waals surface area contributed by atoms with Gasteiger partial charge in [0.15, 0.2) is 6.61 Å². The molecule has 0 saturated carbocycles. The van der Waals surface area contributed by atoms with Crippen molar-refractivity contribution in [2.24, 2.45) is 5.73 Å². The second-order valence-electron chi connectivity index (χ2n) is 6.46. The normalized spacial score (nSPS) is 15.6. The number of nitrogens with one attached hydrogen (secondary N) is 1. The lowest BCUT2D eigenvalue weighted by molar-refractivity contribution is -0.120. The number of nitrogens with two attached hydrogens (primary N) is 1. The molecule has 0 aliphatic carbocycles. The van der Waals surface area contributed by atoms with E-state index in [-0.39, 0.29) is 24.9 Å². The molecular formula is C20H17ClN4O3. The fourth-order valence-electron chi connectivity index (χ4n) is 3.28. The van der Waals surface area contributed by atoms with Crippen LogP contribution in [0.15, 0.2) is 54.9 Å². The minimum absolute atomic E-state index is 0.107. The molecule has 1 aliphatic rings. The largest absolute Gasteiger partial charge is 0.484 e. The summed E-state index contributed by atoms with van der Waals surface area (Å²) >= 11 is 6.10. The number of rotatable bonds is 5. The molecule has 8 heteroatoms. The Hall–Kier alpha value is -3.32. The molecule has 1 aliphatic heterocycles. The zero-order chi connectivity index (χ0) is 19.7. The van der Waals surface area contributed by atoms with Crippen LogP contribution in [0.2, 0.25) is 5.02 Å². The average Bonchev–Trinajstić information content (AvgIpc) is 3.09. The fraction of sp³-hybridized carbons (Fsp3) is 0.150. The fourth-order valence-corrected chi connectivity index (χ4v) is 3.46. The van der Waals surface area contributed by atoms with E-state index in [4.69, 9.17) is 22.1 Å². The molecule has 0 spiro atoms. The summed E-state index contributed by atoms with van der Waals surface area (Å²) < 4.78 is 7.19. The van der Waals surface area contributed by atoms with Gasteiger partial charge in [-0.15, -0.1) is 0 Å². The third-order valence-electron chi connectivity index (χ3n) is 4.50. The third-order valence-corrected chi connectivity index (χ3v) is 4.74. The van der Waals surface area contributed by atoms with Gasteiger partial charge in [-0.05, 0) is 35.9 Å². The van der Waals surface area contributed by atoms with Crippen LogP contribution in [0.5, 0.6) is 5.75 Å². The number of amides is 2. The molecule has 3 N–H and O–H groups in total. The summed E-state index contributed by atoms with van der Waals surface area (Å²) in [6.45, 7) is -0.205. The molecule has 1 atom stereocenters. The summed E-state index contributed by atoms with van der Waals surface area (Å²) in [5.41, 5.74) is 7.56. The highest BCUT2D eigenvalue weighted by Gasteiger charge is 2.31. The summed E-state index contributed by atoms with van der Waals surface area (Å²) in [4.78, 5) is 27.9. The van der Waals surface area contributed by atoms with Gasteiger partial charge >= 0.3 is 0 Å². The molecule has 2 heterocycles. The Bertz CT molecular complexity index is 1060. The summed E-state index contributed by atoms with van der Waals surface area (Å²) in [6, 6.07) is 14.6. The molecule has 0 radical (unpaired) electrons. The summed E-state index contributed by atoms with van der Waals surface area (Å²) in [6.07, 6.45) is 1.93. The first-order valence-electron chi connectivity index (χ1n) is 8.65. The van der Waals surface area contributed by atoms with E-state index in [2.05, 4.69) is 10.3 Å². The number of aromatic nitrogens is 2. The van der Waals surface area contributed by atoms with Gasteiger partial charge in [0.2, 0.25) is 5.91 Å². The molecule has 0 unspecified atom stereocenters. The van der Waals surface area contributed by atoms with Crippen LogP contribution in [-0.2, 0) is 9.59 Å². The molecule has 142 valence electrons. The van der Waals surface area contributed by atoms with E-state index < -0.39 is 5.91 Å². The predicted octanol–water partition coefficient (Wildman–Crippen LogP) is 2.86.